The van der Waals surface area contributed by atoms with E-state index in [-0.39, 0.29) is 18.1 Å². The first kappa shape index (κ1) is 20.7. The molecule has 0 aliphatic rings. The van der Waals surface area contributed by atoms with Crippen LogP contribution in [0, 0.1) is 13.8 Å². The average Bonchev–Trinajstić information content (AvgIpc) is 3.16. The lowest BCUT2D eigenvalue weighted by molar-refractivity contribution is -0.119. The third-order valence-electron chi connectivity index (χ3n) is 3.66. The second-order valence-electron chi connectivity index (χ2n) is 6.22. The molecule has 146 valence electrons. The Hall–Kier alpha value is -2.61. The highest BCUT2D eigenvalue weighted by atomic mass is 32.1. The standard InChI is InChI=1S/C19H23NO6S/c1-6-24-19(23)14-8-15(10(2)3)27-17(14)20-16(21)9-25-18(22)13-7-11(4)26-12(13)5/h7-8,10H,6,9H2,1-5H3,(H,20,21). The molecule has 0 aliphatic carbocycles. The maximum atomic E-state index is 12.2. The highest BCUT2D eigenvalue weighted by Gasteiger charge is 2.21. The Bertz CT molecular complexity index is 849. The molecule has 2 rings (SSSR count). The van der Waals surface area contributed by atoms with Crippen molar-refractivity contribution in [3.8, 4) is 0 Å². The van der Waals surface area contributed by atoms with Gasteiger partial charge in [0.05, 0.1) is 12.2 Å². The predicted octanol–water partition coefficient (Wildman–Crippen LogP) is 4.05. The van der Waals surface area contributed by atoms with Crippen LogP contribution in [0.1, 0.15) is 63.8 Å². The van der Waals surface area contributed by atoms with Gasteiger partial charge in [0.1, 0.15) is 22.1 Å². The van der Waals surface area contributed by atoms with Crippen molar-refractivity contribution in [1.82, 2.24) is 0 Å². The molecule has 7 nitrogen and oxygen atoms in total. The average molecular weight is 393 g/mol. The summed E-state index contributed by atoms with van der Waals surface area (Å²) in [6, 6.07) is 3.27. The predicted molar refractivity (Wildman–Crippen MR) is 101 cm³/mol. The minimum Gasteiger partial charge on any atom is -0.466 e. The number of furan rings is 1. The molecule has 0 spiro atoms. The smallest absolute Gasteiger partial charge is 0.342 e. The molecule has 1 N–H and O–H groups in total. The fourth-order valence-electron chi connectivity index (χ4n) is 2.35. The van der Waals surface area contributed by atoms with Crippen LogP contribution in [0.4, 0.5) is 5.00 Å². The minimum atomic E-state index is -0.640. The van der Waals surface area contributed by atoms with E-state index in [1.807, 2.05) is 13.8 Å². The molecule has 0 saturated heterocycles. The molecule has 0 atom stereocenters. The number of anilines is 1. The number of carbonyl (C=O) groups excluding carboxylic acids is 3. The Morgan fingerprint density at radius 3 is 2.33 bits per heavy atom. The van der Waals surface area contributed by atoms with Crippen LogP contribution in [0.5, 0.6) is 0 Å². The summed E-state index contributed by atoms with van der Waals surface area (Å²) in [5, 5.41) is 3.01. The summed E-state index contributed by atoms with van der Waals surface area (Å²) in [6.45, 7) is 8.82. The minimum absolute atomic E-state index is 0.193. The van der Waals surface area contributed by atoms with Gasteiger partial charge in [-0.25, -0.2) is 9.59 Å². The van der Waals surface area contributed by atoms with Crippen molar-refractivity contribution in [3.05, 3.63) is 39.7 Å². The first-order chi connectivity index (χ1) is 12.7. The van der Waals surface area contributed by atoms with Gasteiger partial charge in [0.25, 0.3) is 5.91 Å². The molecule has 0 unspecified atom stereocenters. The summed E-state index contributed by atoms with van der Waals surface area (Å²) in [4.78, 5) is 37.3. The van der Waals surface area contributed by atoms with Crippen molar-refractivity contribution in [3.63, 3.8) is 0 Å². The van der Waals surface area contributed by atoms with E-state index >= 15 is 0 Å². The lowest BCUT2D eigenvalue weighted by atomic mass is 10.1. The van der Waals surface area contributed by atoms with Crippen molar-refractivity contribution < 1.29 is 28.3 Å². The molecule has 8 heteroatoms. The van der Waals surface area contributed by atoms with Crippen molar-refractivity contribution >= 4 is 34.2 Å². The van der Waals surface area contributed by atoms with Gasteiger partial charge in [0.2, 0.25) is 0 Å². The zero-order valence-corrected chi connectivity index (χ0v) is 16.8. The number of ether oxygens (including phenoxy) is 2. The maximum absolute atomic E-state index is 12.2. The number of amides is 1. The van der Waals surface area contributed by atoms with E-state index in [4.69, 9.17) is 13.9 Å². The molecule has 0 fully saturated rings. The van der Waals surface area contributed by atoms with Gasteiger partial charge in [0, 0.05) is 4.88 Å². The van der Waals surface area contributed by atoms with E-state index in [0.717, 1.165) is 4.88 Å². The molecule has 2 heterocycles. The normalized spacial score (nSPS) is 10.7. The van der Waals surface area contributed by atoms with E-state index in [2.05, 4.69) is 5.32 Å². The van der Waals surface area contributed by atoms with Gasteiger partial charge >= 0.3 is 11.9 Å². The van der Waals surface area contributed by atoms with Gasteiger partial charge < -0.3 is 19.2 Å². The quantitative estimate of drug-likeness (QED) is 0.713. The number of aryl methyl sites for hydroxylation is 2. The zero-order chi connectivity index (χ0) is 20.1. The van der Waals surface area contributed by atoms with E-state index in [0.29, 0.717) is 22.1 Å². The molecular weight excluding hydrogens is 370 g/mol. The van der Waals surface area contributed by atoms with Gasteiger partial charge in [-0.3, -0.25) is 4.79 Å². The van der Waals surface area contributed by atoms with E-state index < -0.39 is 24.5 Å². The summed E-state index contributed by atoms with van der Waals surface area (Å²) < 4.78 is 15.3. The number of carbonyl (C=O) groups is 3. The lowest BCUT2D eigenvalue weighted by Crippen LogP contribution is -2.21. The van der Waals surface area contributed by atoms with Crippen LogP contribution in [-0.2, 0) is 14.3 Å². The summed E-state index contributed by atoms with van der Waals surface area (Å²) >= 11 is 1.30. The van der Waals surface area contributed by atoms with Crippen LogP contribution in [-0.4, -0.2) is 31.1 Å². The van der Waals surface area contributed by atoms with Gasteiger partial charge in [-0.15, -0.1) is 11.3 Å². The summed E-state index contributed by atoms with van der Waals surface area (Å²) in [7, 11) is 0. The highest BCUT2D eigenvalue weighted by Crippen LogP contribution is 2.33. The van der Waals surface area contributed by atoms with Crippen molar-refractivity contribution in [2.24, 2.45) is 0 Å². The molecule has 27 heavy (non-hydrogen) atoms. The topological polar surface area (TPSA) is 94.8 Å². The number of thiophene rings is 1. The van der Waals surface area contributed by atoms with Gasteiger partial charge in [-0.05, 0) is 38.8 Å². The van der Waals surface area contributed by atoms with Crippen molar-refractivity contribution in [1.29, 1.82) is 0 Å². The lowest BCUT2D eigenvalue weighted by Gasteiger charge is -2.07. The first-order valence-corrected chi connectivity index (χ1v) is 9.39. The van der Waals surface area contributed by atoms with Gasteiger partial charge in [-0.2, -0.15) is 0 Å². The van der Waals surface area contributed by atoms with E-state index in [9.17, 15) is 14.4 Å². The summed E-state index contributed by atoms with van der Waals surface area (Å²) in [5.74, 6) is -0.468. The van der Waals surface area contributed by atoms with Crippen LogP contribution in [0.15, 0.2) is 16.5 Å². The molecule has 1 amide bonds. The molecule has 0 saturated carbocycles. The molecule has 2 aromatic rings. The molecule has 0 radical (unpaired) electrons. The number of esters is 2. The Morgan fingerprint density at radius 1 is 1.11 bits per heavy atom. The molecule has 0 aromatic carbocycles. The fraction of sp³-hybridized carbons (Fsp3) is 0.421. The zero-order valence-electron chi connectivity index (χ0n) is 16.0. The number of rotatable bonds is 7. The van der Waals surface area contributed by atoms with E-state index in [1.54, 1.807) is 32.9 Å². The van der Waals surface area contributed by atoms with Gasteiger partial charge in [0.15, 0.2) is 6.61 Å². The van der Waals surface area contributed by atoms with Crippen LogP contribution in [0.2, 0.25) is 0 Å². The highest BCUT2D eigenvalue weighted by molar-refractivity contribution is 7.16. The monoisotopic (exact) mass is 393 g/mol. The number of hydrogen-bond acceptors (Lipinski definition) is 7. The van der Waals surface area contributed by atoms with Crippen molar-refractivity contribution in [2.75, 3.05) is 18.5 Å². The van der Waals surface area contributed by atoms with Crippen LogP contribution in [0.25, 0.3) is 0 Å². The van der Waals surface area contributed by atoms with E-state index in [1.165, 1.54) is 11.3 Å². The van der Waals surface area contributed by atoms with Crippen molar-refractivity contribution in [2.45, 2.75) is 40.5 Å². The number of nitrogens with one attached hydrogen (secondary N) is 1. The SMILES string of the molecule is CCOC(=O)c1cc(C(C)C)sc1NC(=O)COC(=O)c1cc(C)oc1C. The van der Waals surface area contributed by atoms with Crippen LogP contribution >= 0.6 is 11.3 Å². The Labute approximate surface area is 161 Å². The first-order valence-electron chi connectivity index (χ1n) is 8.57. The number of hydrogen-bond donors (Lipinski definition) is 1. The maximum Gasteiger partial charge on any atom is 0.342 e. The van der Waals surface area contributed by atoms with Crippen LogP contribution in [0.3, 0.4) is 0 Å². The third-order valence-corrected chi connectivity index (χ3v) is 5.01. The Kier molecular flexibility index (Phi) is 6.79. The van der Waals surface area contributed by atoms with Crippen LogP contribution < -0.4 is 5.32 Å². The second kappa shape index (κ2) is 8.85. The molecule has 2 aromatic heterocycles. The third kappa shape index (κ3) is 5.19. The molecule has 0 aliphatic heterocycles. The Morgan fingerprint density at radius 2 is 1.78 bits per heavy atom. The Balaban J connectivity index is 2.05. The largest absolute Gasteiger partial charge is 0.466 e. The summed E-state index contributed by atoms with van der Waals surface area (Å²) in [5.41, 5.74) is 0.581. The van der Waals surface area contributed by atoms with Gasteiger partial charge in [-0.1, -0.05) is 13.8 Å². The second-order valence-corrected chi connectivity index (χ2v) is 7.30. The summed E-state index contributed by atoms with van der Waals surface area (Å²) in [6.07, 6.45) is 0. The molecule has 0 bridgehead atoms. The fourth-order valence-corrected chi connectivity index (χ4v) is 3.42. The molecular formula is C19H23NO6S.